The third-order valence-corrected chi connectivity index (χ3v) is 2.05. The number of Topliss-reactive ketones (excluding diaryl/α,β-unsaturated/α-hetero) is 1. The number of esters is 1. The summed E-state index contributed by atoms with van der Waals surface area (Å²) in [6.07, 6.45) is 0. The maximum atomic E-state index is 11.4. The number of ether oxygens (including phenoxy) is 1. The smallest absolute Gasteiger partial charge is 0.379 e. The second-order valence-electron chi connectivity index (χ2n) is 2.90. The molecule has 1 rings (SSSR count). The Morgan fingerprint density at radius 3 is 2.06 bits per heavy atom. The van der Waals surface area contributed by atoms with Crippen molar-refractivity contribution in [3.8, 4) is 0 Å². The van der Waals surface area contributed by atoms with Gasteiger partial charge in [-0.3, -0.25) is 9.59 Å². The Morgan fingerprint density at radius 1 is 1.12 bits per heavy atom. The molecule has 0 saturated carbocycles. The Hall–Kier alpha value is -1.68. The molecule has 0 aliphatic heterocycles. The molecule has 0 spiro atoms. The fourth-order valence-corrected chi connectivity index (χ4v) is 1.19. The molecule has 0 heterocycles. The molecule has 0 saturated heterocycles. The zero-order chi connectivity index (χ0) is 12.1. The maximum absolute atomic E-state index is 11.4. The van der Waals surface area contributed by atoms with Crippen molar-refractivity contribution in [2.45, 2.75) is 6.92 Å². The Morgan fingerprint density at radius 2 is 1.62 bits per heavy atom. The van der Waals surface area contributed by atoms with E-state index in [9.17, 15) is 14.4 Å². The van der Waals surface area contributed by atoms with Crippen LogP contribution in [0, 0.1) is 0 Å². The molecular weight excluding hydrogens is 232 g/mol. The zero-order valence-corrected chi connectivity index (χ0v) is 9.28. The second kappa shape index (κ2) is 5.42. The number of hydrogen-bond acceptors (Lipinski definition) is 4. The first-order valence-corrected chi connectivity index (χ1v) is 4.95. The minimum atomic E-state index is -0.910. The summed E-state index contributed by atoms with van der Waals surface area (Å²) in [5, 5.41) is -0.616. The molecule has 0 aliphatic carbocycles. The fourth-order valence-electron chi connectivity index (χ4n) is 1.07. The number of halogens is 1. The van der Waals surface area contributed by atoms with Gasteiger partial charge >= 0.3 is 5.97 Å². The van der Waals surface area contributed by atoms with E-state index in [-0.39, 0.29) is 17.7 Å². The van der Waals surface area contributed by atoms with Crippen LogP contribution < -0.4 is 0 Å². The van der Waals surface area contributed by atoms with Crippen LogP contribution in [0.3, 0.4) is 0 Å². The van der Waals surface area contributed by atoms with Gasteiger partial charge in [-0.2, -0.15) is 0 Å². The zero-order valence-electron chi connectivity index (χ0n) is 8.53. The van der Waals surface area contributed by atoms with E-state index in [4.69, 9.17) is 11.6 Å². The van der Waals surface area contributed by atoms with Crippen LogP contribution in [0.4, 0.5) is 0 Å². The van der Waals surface area contributed by atoms with Gasteiger partial charge in [-0.15, -0.1) is 0 Å². The highest BCUT2D eigenvalue weighted by molar-refractivity contribution is 6.67. The highest BCUT2D eigenvalue weighted by atomic mass is 35.5. The van der Waals surface area contributed by atoms with Crippen LogP contribution >= 0.6 is 11.6 Å². The van der Waals surface area contributed by atoms with Gasteiger partial charge < -0.3 is 4.74 Å². The van der Waals surface area contributed by atoms with Crippen LogP contribution in [-0.2, 0) is 9.53 Å². The van der Waals surface area contributed by atoms with E-state index in [1.165, 1.54) is 24.3 Å². The molecule has 4 nitrogen and oxygen atoms in total. The van der Waals surface area contributed by atoms with Crippen molar-refractivity contribution in [2.24, 2.45) is 0 Å². The molecule has 0 fully saturated rings. The van der Waals surface area contributed by atoms with Crippen LogP contribution in [0.15, 0.2) is 24.3 Å². The van der Waals surface area contributed by atoms with Crippen molar-refractivity contribution in [1.82, 2.24) is 0 Å². The lowest BCUT2D eigenvalue weighted by Crippen LogP contribution is -2.17. The molecule has 1 aromatic carbocycles. The number of carbonyl (C=O) groups excluding carboxylic acids is 3. The monoisotopic (exact) mass is 240 g/mol. The SMILES string of the molecule is CCOC(=O)C(=O)c1ccc(C(=O)Cl)cc1. The molecule has 16 heavy (non-hydrogen) atoms. The van der Waals surface area contributed by atoms with Crippen molar-refractivity contribution in [1.29, 1.82) is 0 Å². The van der Waals surface area contributed by atoms with E-state index in [2.05, 4.69) is 4.74 Å². The van der Waals surface area contributed by atoms with Gasteiger partial charge in [0.2, 0.25) is 0 Å². The van der Waals surface area contributed by atoms with E-state index in [1.807, 2.05) is 0 Å². The van der Waals surface area contributed by atoms with Gasteiger partial charge in [0.1, 0.15) is 0 Å². The molecule has 0 bridgehead atoms. The van der Waals surface area contributed by atoms with Crippen molar-refractivity contribution >= 4 is 28.6 Å². The maximum Gasteiger partial charge on any atom is 0.379 e. The van der Waals surface area contributed by atoms with Crippen LogP contribution in [0.25, 0.3) is 0 Å². The average molecular weight is 241 g/mol. The summed E-state index contributed by atoms with van der Waals surface area (Å²) in [5.74, 6) is -1.65. The Balaban J connectivity index is 2.85. The molecule has 0 N–H and O–H groups in total. The summed E-state index contributed by atoms with van der Waals surface area (Å²) < 4.78 is 4.55. The minimum Gasteiger partial charge on any atom is -0.460 e. The predicted molar refractivity (Wildman–Crippen MR) is 57.6 cm³/mol. The number of rotatable bonds is 4. The summed E-state index contributed by atoms with van der Waals surface area (Å²) >= 11 is 5.23. The Kier molecular flexibility index (Phi) is 4.19. The number of carbonyl (C=O) groups is 3. The fraction of sp³-hybridized carbons (Fsp3) is 0.182. The van der Waals surface area contributed by atoms with Crippen LogP contribution in [0.1, 0.15) is 27.6 Å². The summed E-state index contributed by atoms with van der Waals surface area (Å²) in [7, 11) is 0. The molecule has 0 unspecified atom stereocenters. The molecule has 0 aliphatic rings. The first-order valence-electron chi connectivity index (χ1n) is 4.57. The highest BCUT2D eigenvalue weighted by Crippen LogP contribution is 2.08. The Labute approximate surface area is 97.2 Å². The van der Waals surface area contributed by atoms with Crippen LogP contribution in [0.5, 0.6) is 0 Å². The van der Waals surface area contributed by atoms with E-state index in [0.29, 0.717) is 0 Å². The number of benzene rings is 1. The number of hydrogen-bond donors (Lipinski definition) is 0. The van der Waals surface area contributed by atoms with Crippen molar-refractivity contribution in [3.63, 3.8) is 0 Å². The summed E-state index contributed by atoms with van der Waals surface area (Å²) in [6.45, 7) is 1.75. The highest BCUT2D eigenvalue weighted by Gasteiger charge is 2.17. The van der Waals surface area contributed by atoms with Gasteiger partial charge in [0.15, 0.2) is 0 Å². The van der Waals surface area contributed by atoms with Gasteiger partial charge in [-0.25, -0.2) is 4.79 Å². The van der Waals surface area contributed by atoms with Gasteiger partial charge in [0, 0.05) is 11.1 Å². The summed E-state index contributed by atoms with van der Waals surface area (Å²) in [4.78, 5) is 33.3. The van der Waals surface area contributed by atoms with Gasteiger partial charge in [-0.1, -0.05) is 12.1 Å². The molecular formula is C11H9ClO4. The van der Waals surface area contributed by atoms with E-state index >= 15 is 0 Å². The molecule has 0 radical (unpaired) electrons. The lowest BCUT2D eigenvalue weighted by atomic mass is 10.1. The summed E-state index contributed by atoms with van der Waals surface area (Å²) in [6, 6.07) is 5.47. The van der Waals surface area contributed by atoms with Crippen LogP contribution in [-0.4, -0.2) is 23.6 Å². The lowest BCUT2D eigenvalue weighted by molar-refractivity contribution is -0.137. The summed E-state index contributed by atoms with van der Waals surface area (Å²) in [5.41, 5.74) is 0.433. The minimum absolute atomic E-state index is 0.142. The predicted octanol–water partition coefficient (Wildman–Crippen LogP) is 1.81. The van der Waals surface area contributed by atoms with Gasteiger partial charge in [0.05, 0.1) is 6.61 Å². The first-order chi connectivity index (χ1) is 7.56. The quantitative estimate of drug-likeness (QED) is 0.349. The standard InChI is InChI=1S/C11H9ClO4/c1-2-16-11(15)9(13)7-3-5-8(6-4-7)10(12)14/h3-6H,2H2,1H3. The molecule has 0 aromatic heterocycles. The molecule has 1 aromatic rings. The van der Waals surface area contributed by atoms with Crippen LogP contribution in [0.2, 0.25) is 0 Å². The third-order valence-electron chi connectivity index (χ3n) is 1.83. The Bertz CT molecular complexity index is 422. The second-order valence-corrected chi connectivity index (χ2v) is 3.24. The van der Waals surface area contributed by atoms with E-state index < -0.39 is 17.0 Å². The normalized spacial score (nSPS) is 9.62. The molecule has 5 heteroatoms. The van der Waals surface area contributed by atoms with Gasteiger partial charge in [-0.05, 0) is 30.7 Å². The first kappa shape index (κ1) is 12.4. The van der Waals surface area contributed by atoms with Gasteiger partial charge in [0.25, 0.3) is 11.0 Å². The van der Waals surface area contributed by atoms with E-state index in [1.54, 1.807) is 6.92 Å². The van der Waals surface area contributed by atoms with Crippen molar-refractivity contribution in [2.75, 3.05) is 6.61 Å². The van der Waals surface area contributed by atoms with Crippen molar-refractivity contribution < 1.29 is 19.1 Å². The molecule has 84 valence electrons. The third kappa shape index (κ3) is 2.90. The lowest BCUT2D eigenvalue weighted by Gasteiger charge is -2.01. The number of ketones is 1. The topological polar surface area (TPSA) is 60.4 Å². The largest absolute Gasteiger partial charge is 0.460 e. The molecule has 0 atom stereocenters. The average Bonchev–Trinajstić information content (AvgIpc) is 2.28. The molecule has 0 amide bonds. The van der Waals surface area contributed by atoms with E-state index in [0.717, 1.165) is 0 Å². The van der Waals surface area contributed by atoms with Crippen molar-refractivity contribution in [3.05, 3.63) is 35.4 Å².